The molecule has 1 aliphatic heterocycles. The zero-order valence-corrected chi connectivity index (χ0v) is 12.4. The summed E-state index contributed by atoms with van der Waals surface area (Å²) in [6.07, 6.45) is 0.470. The zero-order chi connectivity index (χ0) is 14.7. The summed E-state index contributed by atoms with van der Waals surface area (Å²) in [5.41, 5.74) is 1.55. The molecule has 1 aliphatic rings. The molecule has 0 saturated heterocycles. The maximum absolute atomic E-state index is 11.6. The molecule has 21 heavy (non-hydrogen) atoms. The smallest absolute Gasteiger partial charge is 0.181 e. The second-order valence-corrected chi connectivity index (χ2v) is 6.02. The number of rotatable bonds is 7. The average Bonchev–Trinajstić information content (AvgIpc) is 2.92. The Kier molecular flexibility index (Phi) is 4.43. The molecule has 3 rings (SSSR count). The van der Waals surface area contributed by atoms with Crippen LogP contribution in [0.25, 0.3) is 10.1 Å². The highest BCUT2D eigenvalue weighted by Crippen LogP contribution is 2.21. The van der Waals surface area contributed by atoms with Gasteiger partial charge >= 0.3 is 0 Å². The van der Waals surface area contributed by atoms with E-state index in [-0.39, 0.29) is 5.78 Å². The first-order valence-corrected chi connectivity index (χ1v) is 7.91. The third kappa shape index (κ3) is 3.37. The van der Waals surface area contributed by atoms with Crippen molar-refractivity contribution in [1.29, 1.82) is 0 Å². The molecule has 1 N–H and O–H groups in total. The Hall–Kier alpha value is -1.56. The molecule has 1 aromatic carbocycles. The summed E-state index contributed by atoms with van der Waals surface area (Å²) in [6, 6.07) is 8.55. The van der Waals surface area contributed by atoms with Gasteiger partial charge in [-0.05, 0) is 34.9 Å². The number of aliphatic hydroxyl groups is 1. The second kappa shape index (κ2) is 6.47. The predicted octanol–water partition coefficient (Wildman–Crippen LogP) is 2.24. The lowest BCUT2D eigenvalue weighted by atomic mass is 10.0. The molecule has 1 aromatic heterocycles. The van der Waals surface area contributed by atoms with Gasteiger partial charge in [-0.2, -0.15) is 0 Å². The summed E-state index contributed by atoms with van der Waals surface area (Å²) in [6.45, 7) is 1.33. The van der Waals surface area contributed by atoms with Crippen LogP contribution >= 0.6 is 11.3 Å². The maximum Gasteiger partial charge on any atom is 0.181 e. The fourth-order valence-corrected chi connectivity index (χ4v) is 3.07. The van der Waals surface area contributed by atoms with E-state index in [1.807, 2.05) is 0 Å². The van der Waals surface area contributed by atoms with Crippen LogP contribution in [0.3, 0.4) is 0 Å². The number of fused-ring (bicyclic) bond motifs is 1. The standard InChI is InChI=1S/C16H17NO3S/c18-13(16-14(19)10-17-16)4-7-20-6-3-11-1-2-15-12(9-11)5-8-21-15/h1-2,5,8-9,14,19H,3-4,6-7,10H2. The van der Waals surface area contributed by atoms with Crippen LogP contribution in [0.2, 0.25) is 0 Å². The maximum atomic E-state index is 11.6. The highest BCUT2D eigenvalue weighted by Gasteiger charge is 2.26. The first-order valence-electron chi connectivity index (χ1n) is 7.03. The summed E-state index contributed by atoms with van der Waals surface area (Å²) in [5, 5.41) is 12.7. The third-order valence-corrected chi connectivity index (χ3v) is 4.46. The number of benzene rings is 1. The van der Waals surface area contributed by atoms with Crippen LogP contribution in [-0.4, -0.2) is 42.5 Å². The third-order valence-electron chi connectivity index (χ3n) is 3.56. The summed E-state index contributed by atoms with van der Waals surface area (Å²) < 4.78 is 6.80. The minimum Gasteiger partial charge on any atom is -0.385 e. The molecule has 2 aromatic rings. The molecular weight excluding hydrogens is 286 g/mol. The quantitative estimate of drug-likeness (QED) is 0.798. The van der Waals surface area contributed by atoms with Crippen LogP contribution in [0.1, 0.15) is 12.0 Å². The Bertz CT molecular complexity index is 677. The number of ketones is 1. The predicted molar refractivity (Wildman–Crippen MR) is 84.3 cm³/mol. The number of ether oxygens (including phenoxy) is 1. The lowest BCUT2D eigenvalue weighted by Gasteiger charge is -2.19. The molecule has 110 valence electrons. The molecular formula is C16H17NO3S. The molecule has 1 unspecified atom stereocenters. The molecule has 1 atom stereocenters. The fraction of sp³-hybridized carbons (Fsp3) is 0.375. The number of thiophene rings is 1. The fourth-order valence-electron chi connectivity index (χ4n) is 2.29. The van der Waals surface area contributed by atoms with Crippen LogP contribution in [0.5, 0.6) is 0 Å². The Labute approximate surface area is 127 Å². The highest BCUT2D eigenvalue weighted by atomic mass is 32.1. The van der Waals surface area contributed by atoms with E-state index in [2.05, 4.69) is 34.6 Å². The van der Waals surface area contributed by atoms with E-state index < -0.39 is 6.10 Å². The van der Waals surface area contributed by atoms with Gasteiger partial charge in [0.1, 0.15) is 11.8 Å². The van der Waals surface area contributed by atoms with E-state index in [0.717, 1.165) is 6.42 Å². The molecule has 0 aliphatic carbocycles. The van der Waals surface area contributed by atoms with Crippen molar-refractivity contribution in [2.75, 3.05) is 19.8 Å². The second-order valence-electron chi connectivity index (χ2n) is 5.07. The van der Waals surface area contributed by atoms with Crippen LogP contribution in [-0.2, 0) is 16.0 Å². The minimum absolute atomic E-state index is 0.103. The van der Waals surface area contributed by atoms with Crippen molar-refractivity contribution in [2.24, 2.45) is 4.99 Å². The van der Waals surface area contributed by atoms with Crippen molar-refractivity contribution in [1.82, 2.24) is 0 Å². The van der Waals surface area contributed by atoms with Gasteiger partial charge in [0, 0.05) is 11.1 Å². The summed E-state index contributed by atoms with van der Waals surface area (Å²) >= 11 is 1.74. The van der Waals surface area contributed by atoms with Gasteiger partial charge in [0.2, 0.25) is 0 Å². The van der Waals surface area contributed by atoms with Gasteiger partial charge in [-0.3, -0.25) is 9.79 Å². The largest absolute Gasteiger partial charge is 0.385 e. The number of hydrogen-bond acceptors (Lipinski definition) is 5. The molecule has 0 spiro atoms. The van der Waals surface area contributed by atoms with Crippen molar-refractivity contribution in [3.8, 4) is 0 Å². The Morgan fingerprint density at radius 1 is 1.38 bits per heavy atom. The number of carbonyl (C=O) groups excluding carboxylic acids is 1. The van der Waals surface area contributed by atoms with Crippen molar-refractivity contribution in [3.63, 3.8) is 0 Å². The van der Waals surface area contributed by atoms with Crippen LogP contribution in [0.4, 0.5) is 0 Å². The molecule has 0 amide bonds. The zero-order valence-electron chi connectivity index (χ0n) is 11.6. The number of aliphatic imine (C=N–C) groups is 1. The monoisotopic (exact) mass is 303 g/mol. The van der Waals surface area contributed by atoms with Crippen molar-refractivity contribution in [2.45, 2.75) is 18.9 Å². The normalized spacial score (nSPS) is 17.6. The molecule has 0 bridgehead atoms. The Morgan fingerprint density at radius 2 is 2.29 bits per heavy atom. The van der Waals surface area contributed by atoms with Crippen molar-refractivity contribution >= 4 is 32.9 Å². The molecule has 0 radical (unpaired) electrons. The molecule has 2 heterocycles. The van der Waals surface area contributed by atoms with E-state index in [9.17, 15) is 9.90 Å². The van der Waals surface area contributed by atoms with Gasteiger partial charge in [-0.1, -0.05) is 12.1 Å². The molecule has 5 heteroatoms. The van der Waals surface area contributed by atoms with Crippen molar-refractivity contribution < 1.29 is 14.6 Å². The summed E-state index contributed by atoms with van der Waals surface area (Å²) in [4.78, 5) is 15.5. The summed E-state index contributed by atoms with van der Waals surface area (Å²) in [7, 11) is 0. The topological polar surface area (TPSA) is 58.9 Å². The van der Waals surface area contributed by atoms with E-state index in [0.29, 0.717) is 31.9 Å². The Balaban J connectivity index is 1.39. The van der Waals surface area contributed by atoms with Crippen LogP contribution in [0, 0.1) is 0 Å². The molecule has 0 fully saturated rings. The lowest BCUT2D eigenvalue weighted by Crippen LogP contribution is -2.39. The number of aliphatic hydroxyl groups excluding tert-OH is 1. The van der Waals surface area contributed by atoms with E-state index in [1.165, 1.54) is 15.6 Å². The summed E-state index contributed by atoms with van der Waals surface area (Å²) in [5.74, 6) is -0.103. The molecule has 4 nitrogen and oxygen atoms in total. The number of carbonyl (C=O) groups is 1. The number of nitrogens with zero attached hydrogens (tertiary/aromatic N) is 1. The number of hydrogen-bond donors (Lipinski definition) is 1. The van der Waals surface area contributed by atoms with Gasteiger partial charge in [-0.25, -0.2) is 0 Å². The lowest BCUT2D eigenvalue weighted by molar-refractivity contribution is -0.114. The minimum atomic E-state index is -0.658. The van der Waals surface area contributed by atoms with Crippen LogP contribution < -0.4 is 0 Å². The molecule has 0 saturated carbocycles. The van der Waals surface area contributed by atoms with Gasteiger partial charge in [0.05, 0.1) is 19.8 Å². The van der Waals surface area contributed by atoms with Crippen LogP contribution in [0.15, 0.2) is 34.6 Å². The van der Waals surface area contributed by atoms with Gasteiger partial charge < -0.3 is 9.84 Å². The highest BCUT2D eigenvalue weighted by molar-refractivity contribution is 7.17. The SMILES string of the molecule is O=C(CCOCCc1ccc2sccc2c1)C1=NCC1O. The first kappa shape index (κ1) is 14.4. The number of Topliss-reactive ketones (excluding diaryl/α,β-unsaturated/α-hetero) is 1. The van der Waals surface area contributed by atoms with E-state index in [4.69, 9.17) is 4.74 Å². The average molecular weight is 303 g/mol. The Morgan fingerprint density at radius 3 is 3.05 bits per heavy atom. The van der Waals surface area contributed by atoms with Gasteiger partial charge in [-0.15, -0.1) is 11.3 Å². The van der Waals surface area contributed by atoms with Gasteiger partial charge in [0.15, 0.2) is 5.78 Å². The van der Waals surface area contributed by atoms with Gasteiger partial charge in [0.25, 0.3) is 0 Å². The van der Waals surface area contributed by atoms with E-state index in [1.54, 1.807) is 11.3 Å². The first-order chi connectivity index (χ1) is 10.2. The van der Waals surface area contributed by atoms with Crippen molar-refractivity contribution in [3.05, 3.63) is 35.2 Å². The van der Waals surface area contributed by atoms with E-state index >= 15 is 0 Å².